The molecule has 86 valence electrons. The highest BCUT2D eigenvalue weighted by molar-refractivity contribution is 7.99. The van der Waals surface area contributed by atoms with Gasteiger partial charge < -0.3 is 5.32 Å². The lowest BCUT2D eigenvalue weighted by molar-refractivity contribution is 0.556. The summed E-state index contributed by atoms with van der Waals surface area (Å²) in [7, 11) is 0. The van der Waals surface area contributed by atoms with Crippen LogP contribution in [0.15, 0.2) is 35.2 Å². The Labute approximate surface area is 107 Å². The number of rotatable bonds is 4. The Morgan fingerprint density at radius 2 is 2.12 bits per heavy atom. The third-order valence-electron chi connectivity index (χ3n) is 2.80. The van der Waals surface area contributed by atoms with Crippen molar-refractivity contribution in [2.24, 2.45) is 0 Å². The van der Waals surface area contributed by atoms with Crippen LogP contribution in [0, 0.1) is 0 Å². The molecule has 1 aromatic rings. The maximum absolute atomic E-state index is 5.39. The van der Waals surface area contributed by atoms with Gasteiger partial charge in [0.15, 0.2) is 0 Å². The number of thioether (sulfide) groups is 1. The van der Waals surface area contributed by atoms with Crippen molar-refractivity contribution in [1.82, 2.24) is 5.32 Å². The van der Waals surface area contributed by atoms with Crippen molar-refractivity contribution in [2.75, 3.05) is 12.3 Å². The third-order valence-corrected chi connectivity index (χ3v) is 4.33. The zero-order valence-corrected chi connectivity index (χ0v) is 10.9. The van der Waals surface area contributed by atoms with E-state index < -0.39 is 0 Å². The lowest BCUT2D eigenvalue weighted by Crippen LogP contribution is -2.41. The molecule has 0 bridgehead atoms. The number of thiocarbonyl (C=S) groups is 1. The van der Waals surface area contributed by atoms with Crippen LogP contribution in [0.3, 0.4) is 0 Å². The normalized spacial score (nSPS) is 21.0. The fourth-order valence-electron chi connectivity index (χ4n) is 1.90. The second kappa shape index (κ2) is 6.38. The number of benzene rings is 1. The number of piperidine rings is 1. The Morgan fingerprint density at radius 1 is 1.31 bits per heavy atom. The van der Waals surface area contributed by atoms with Crippen molar-refractivity contribution in [1.29, 1.82) is 0 Å². The van der Waals surface area contributed by atoms with Gasteiger partial charge in [0.25, 0.3) is 0 Å². The molecule has 1 fully saturated rings. The molecule has 0 aromatic heterocycles. The summed E-state index contributed by atoms with van der Waals surface area (Å²) in [5.41, 5.74) is 0. The SMILES string of the molecule is S=C1CCCNC1CCSc1ccccc1. The van der Waals surface area contributed by atoms with Crippen LogP contribution >= 0.6 is 24.0 Å². The molecule has 0 saturated carbocycles. The molecule has 1 aliphatic heterocycles. The summed E-state index contributed by atoms with van der Waals surface area (Å²) < 4.78 is 0. The molecule has 2 rings (SSSR count). The summed E-state index contributed by atoms with van der Waals surface area (Å²) in [6.45, 7) is 1.13. The first-order valence-electron chi connectivity index (χ1n) is 5.80. The molecule has 0 spiro atoms. The number of nitrogens with one attached hydrogen (secondary N) is 1. The minimum Gasteiger partial charge on any atom is -0.309 e. The van der Waals surface area contributed by atoms with Crippen molar-refractivity contribution in [2.45, 2.75) is 30.2 Å². The smallest absolute Gasteiger partial charge is 0.0391 e. The van der Waals surface area contributed by atoms with Gasteiger partial charge >= 0.3 is 0 Å². The van der Waals surface area contributed by atoms with Crippen LogP contribution in [-0.2, 0) is 0 Å². The lowest BCUT2D eigenvalue weighted by Gasteiger charge is -2.24. The molecule has 0 radical (unpaired) electrons. The minimum atomic E-state index is 0.472. The molecule has 1 saturated heterocycles. The second-order valence-corrected chi connectivity index (χ2v) is 5.72. The van der Waals surface area contributed by atoms with E-state index in [0.29, 0.717) is 6.04 Å². The summed E-state index contributed by atoms with van der Waals surface area (Å²) in [5.74, 6) is 1.14. The van der Waals surface area contributed by atoms with Crippen LogP contribution in [-0.4, -0.2) is 23.2 Å². The van der Waals surface area contributed by atoms with Crippen molar-refractivity contribution in [3.05, 3.63) is 30.3 Å². The van der Waals surface area contributed by atoms with E-state index in [0.717, 1.165) is 25.1 Å². The first-order chi connectivity index (χ1) is 7.86. The highest BCUT2D eigenvalue weighted by Gasteiger charge is 2.17. The Balaban J connectivity index is 1.73. The fraction of sp³-hybridized carbons (Fsp3) is 0.462. The van der Waals surface area contributed by atoms with Gasteiger partial charge in [-0.1, -0.05) is 30.4 Å². The second-order valence-electron chi connectivity index (χ2n) is 4.03. The molecule has 1 aromatic carbocycles. The molecule has 1 unspecified atom stereocenters. The Kier molecular flexibility index (Phi) is 4.82. The van der Waals surface area contributed by atoms with Crippen molar-refractivity contribution in [3.8, 4) is 0 Å². The van der Waals surface area contributed by atoms with E-state index in [9.17, 15) is 0 Å². The fourth-order valence-corrected chi connectivity index (χ4v) is 3.19. The van der Waals surface area contributed by atoms with Gasteiger partial charge in [-0.3, -0.25) is 0 Å². The van der Waals surface area contributed by atoms with E-state index >= 15 is 0 Å². The molecule has 0 amide bonds. The molecule has 1 nitrogen and oxygen atoms in total. The van der Waals surface area contributed by atoms with Crippen LogP contribution in [0.25, 0.3) is 0 Å². The van der Waals surface area contributed by atoms with E-state index in [1.165, 1.54) is 16.2 Å². The minimum absolute atomic E-state index is 0.472. The maximum Gasteiger partial charge on any atom is 0.0391 e. The molecule has 3 heteroatoms. The first kappa shape index (κ1) is 12.1. The van der Waals surface area contributed by atoms with Crippen LogP contribution in [0.2, 0.25) is 0 Å². The average Bonchev–Trinajstić information content (AvgIpc) is 2.33. The zero-order chi connectivity index (χ0) is 11.2. The summed E-state index contributed by atoms with van der Waals surface area (Å²) >= 11 is 7.30. The van der Waals surface area contributed by atoms with Gasteiger partial charge in [0.05, 0.1) is 0 Å². The topological polar surface area (TPSA) is 12.0 Å². The third kappa shape index (κ3) is 3.58. The van der Waals surface area contributed by atoms with Crippen LogP contribution in [0.1, 0.15) is 19.3 Å². The summed E-state index contributed by atoms with van der Waals surface area (Å²) in [6.07, 6.45) is 3.49. The van der Waals surface area contributed by atoms with E-state index in [1.54, 1.807) is 0 Å². The first-order valence-corrected chi connectivity index (χ1v) is 7.19. The molecule has 1 atom stereocenters. The van der Waals surface area contributed by atoms with Gasteiger partial charge in [0.1, 0.15) is 0 Å². The summed E-state index contributed by atoms with van der Waals surface area (Å²) in [5, 5.41) is 3.50. The summed E-state index contributed by atoms with van der Waals surface area (Å²) in [4.78, 5) is 2.57. The van der Waals surface area contributed by atoms with E-state index in [-0.39, 0.29) is 0 Å². The predicted molar refractivity (Wildman–Crippen MR) is 75.4 cm³/mol. The Morgan fingerprint density at radius 3 is 2.88 bits per heavy atom. The van der Waals surface area contributed by atoms with Crippen molar-refractivity contribution < 1.29 is 0 Å². The molecular formula is C13H17NS2. The highest BCUT2D eigenvalue weighted by atomic mass is 32.2. The van der Waals surface area contributed by atoms with Gasteiger partial charge in [0, 0.05) is 15.8 Å². The van der Waals surface area contributed by atoms with Gasteiger partial charge in [-0.25, -0.2) is 0 Å². The molecule has 0 aliphatic carbocycles. The van der Waals surface area contributed by atoms with Gasteiger partial charge in [0.2, 0.25) is 0 Å². The quantitative estimate of drug-likeness (QED) is 0.651. The monoisotopic (exact) mass is 251 g/mol. The van der Waals surface area contributed by atoms with Gasteiger partial charge in [-0.15, -0.1) is 11.8 Å². The van der Waals surface area contributed by atoms with Crippen molar-refractivity contribution >= 4 is 28.8 Å². The van der Waals surface area contributed by atoms with Crippen LogP contribution in [0.4, 0.5) is 0 Å². The molecule has 1 N–H and O–H groups in total. The highest BCUT2D eigenvalue weighted by Crippen LogP contribution is 2.19. The standard InChI is InChI=1S/C13H17NS2/c15-13-7-4-9-14-12(13)8-10-16-11-5-2-1-3-6-11/h1-3,5-6,12,14H,4,7-10H2. The molecule has 1 aliphatic rings. The maximum atomic E-state index is 5.39. The molecular weight excluding hydrogens is 234 g/mol. The van der Waals surface area contributed by atoms with Crippen LogP contribution in [0.5, 0.6) is 0 Å². The van der Waals surface area contributed by atoms with E-state index in [2.05, 4.69) is 35.6 Å². The van der Waals surface area contributed by atoms with Gasteiger partial charge in [-0.2, -0.15) is 0 Å². The molecule has 1 heterocycles. The predicted octanol–water partition coefficient (Wildman–Crippen LogP) is 3.29. The number of hydrogen-bond acceptors (Lipinski definition) is 3. The lowest BCUT2D eigenvalue weighted by atomic mass is 10.0. The van der Waals surface area contributed by atoms with Crippen molar-refractivity contribution in [3.63, 3.8) is 0 Å². The largest absolute Gasteiger partial charge is 0.309 e. The van der Waals surface area contributed by atoms with E-state index in [4.69, 9.17) is 12.2 Å². The average molecular weight is 251 g/mol. The number of hydrogen-bond donors (Lipinski definition) is 1. The summed E-state index contributed by atoms with van der Waals surface area (Å²) in [6, 6.07) is 11.0. The molecule has 16 heavy (non-hydrogen) atoms. The van der Waals surface area contributed by atoms with Crippen LogP contribution < -0.4 is 5.32 Å². The Bertz CT molecular complexity index is 337. The zero-order valence-electron chi connectivity index (χ0n) is 9.32. The Hall–Kier alpha value is -0.380. The van der Waals surface area contributed by atoms with Gasteiger partial charge in [-0.05, 0) is 43.7 Å². The van der Waals surface area contributed by atoms with E-state index in [1.807, 2.05) is 11.8 Å².